The molecule has 0 saturated carbocycles. The minimum atomic E-state index is 0.201. The highest BCUT2D eigenvalue weighted by Crippen LogP contribution is 2.45. The summed E-state index contributed by atoms with van der Waals surface area (Å²) in [5.41, 5.74) is 0. The van der Waals surface area contributed by atoms with E-state index >= 15 is 0 Å². The quantitative estimate of drug-likeness (QED) is 0.483. The van der Waals surface area contributed by atoms with Crippen LogP contribution in [0.4, 0.5) is 0 Å². The third-order valence-corrected chi connectivity index (χ3v) is 2.25. The van der Waals surface area contributed by atoms with Gasteiger partial charge in [-0.15, -0.1) is 0 Å². The zero-order valence-corrected chi connectivity index (χ0v) is 5.72. The summed E-state index contributed by atoms with van der Waals surface area (Å²) in [6.45, 7) is 0. The van der Waals surface area contributed by atoms with Crippen molar-refractivity contribution in [1.29, 1.82) is 0 Å². The third kappa shape index (κ3) is 1.75. The summed E-state index contributed by atoms with van der Waals surface area (Å²) < 4.78 is 14.1. The summed E-state index contributed by atoms with van der Waals surface area (Å²) in [7, 11) is 0.604. The predicted molar refractivity (Wildman–Crippen MR) is 28.2 cm³/mol. The van der Waals surface area contributed by atoms with Gasteiger partial charge in [-0.05, 0) is 0 Å². The third-order valence-electron chi connectivity index (χ3n) is 0.250. The molecule has 0 radical (unpaired) electrons. The molecule has 1 fully saturated rings. The van der Waals surface area contributed by atoms with Gasteiger partial charge in [0.2, 0.25) is 0 Å². The van der Waals surface area contributed by atoms with Crippen molar-refractivity contribution >= 4 is 27.1 Å². The maximum atomic E-state index is 4.69. The first-order valence-corrected chi connectivity index (χ1v) is 3.67. The molecule has 0 aliphatic carbocycles. The lowest BCUT2D eigenvalue weighted by Gasteiger charge is -2.07. The lowest BCUT2D eigenvalue weighted by Crippen LogP contribution is -1.66. The fraction of sp³-hybridized carbons (Fsp3) is 0. The van der Waals surface area contributed by atoms with E-state index in [1.165, 1.54) is 0 Å². The van der Waals surface area contributed by atoms with Gasteiger partial charge in [0.05, 0.1) is 0 Å². The highest BCUT2D eigenvalue weighted by Gasteiger charge is 1.96. The first-order valence-electron chi connectivity index (χ1n) is 1.22. The molecule has 36 valence electrons. The summed E-state index contributed by atoms with van der Waals surface area (Å²) in [4.78, 5) is 0. The Balaban J connectivity index is 2.00. The van der Waals surface area contributed by atoms with Crippen molar-refractivity contribution < 1.29 is 12.9 Å². The van der Waals surface area contributed by atoms with Crippen LogP contribution in [-0.4, -0.2) is 0 Å². The van der Waals surface area contributed by atoms with Crippen molar-refractivity contribution in [2.45, 2.75) is 0 Å². The molecule has 0 aromatic rings. The Hall–Kier alpha value is 1.17. The lowest BCUT2D eigenvalue weighted by molar-refractivity contribution is 0.467. The molecule has 3 nitrogen and oxygen atoms in total. The van der Waals surface area contributed by atoms with Gasteiger partial charge in [0.15, 0.2) is 27.1 Å². The molecule has 1 rings (SSSR count). The second kappa shape index (κ2) is 3.21. The highest BCUT2D eigenvalue weighted by atomic mass is 31.2. The molecule has 6 heteroatoms. The average molecular weight is 144 g/mol. The summed E-state index contributed by atoms with van der Waals surface area (Å²) in [5.74, 6) is 0. The summed E-state index contributed by atoms with van der Waals surface area (Å²) >= 11 is 0. The van der Waals surface area contributed by atoms with Gasteiger partial charge < -0.3 is 0 Å². The maximum absolute atomic E-state index is 4.69. The molecule has 0 aromatic carbocycles. The van der Waals surface area contributed by atoms with E-state index in [0.717, 1.165) is 0 Å². The van der Waals surface area contributed by atoms with Crippen LogP contribution >= 0.6 is 27.1 Å². The Labute approximate surface area is 41.0 Å². The van der Waals surface area contributed by atoms with Crippen LogP contribution in [-0.2, 0) is 12.9 Å². The monoisotopic (exact) mass is 144 g/mol. The SMILES string of the molecule is O1POPOP1. The highest BCUT2D eigenvalue weighted by molar-refractivity contribution is 7.54. The van der Waals surface area contributed by atoms with Gasteiger partial charge in [-0.25, -0.2) is 0 Å². The van der Waals surface area contributed by atoms with Gasteiger partial charge in [-0.3, -0.25) is 12.9 Å². The van der Waals surface area contributed by atoms with Gasteiger partial charge in [0, 0.05) is 0 Å². The van der Waals surface area contributed by atoms with Gasteiger partial charge in [-0.2, -0.15) is 0 Å². The molecule has 0 N–H and O–H groups in total. The van der Waals surface area contributed by atoms with Crippen LogP contribution in [0.2, 0.25) is 0 Å². The minimum absolute atomic E-state index is 0.201. The van der Waals surface area contributed by atoms with Crippen LogP contribution in [0, 0.1) is 0 Å². The standard InChI is InChI=1S/H3O3P3/c1-4-2-6-3-5-1/h4-6H. The summed E-state index contributed by atoms with van der Waals surface area (Å²) in [6, 6.07) is 0. The van der Waals surface area contributed by atoms with Crippen molar-refractivity contribution in [1.82, 2.24) is 0 Å². The van der Waals surface area contributed by atoms with Crippen molar-refractivity contribution in [3.63, 3.8) is 0 Å². The van der Waals surface area contributed by atoms with E-state index in [0.29, 0.717) is 0 Å². The molecule has 1 aliphatic heterocycles. The van der Waals surface area contributed by atoms with Crippen molar-refractivity contribution in [3.05, 3.63) is 0 Å². The van der Waals surface area contributed by atoms with Gasteiger partial charge in [0.25, 0.3) is 0 Å². The van der Waals surface area contributed by atoms with Crippen LogP contribution in [0.25, 0.3) is 0 Å². The topological polar surface area (TPSA) is 27.7 Å². The molecule has 0 unspecified atom stereocenters. The fourth-order valence-corrected chi connectivity index (χ4v) is 2.15. The normalized spacial score (nSPS) is 36.0. The molecule has 1 heterocycles. The van der Waals surface area contributed by atoms with E-state index < -0.39 is 0 Å². The molecule has 0 bridgehead atoms. The zero-order chi connectivity index (χ0) is 4.24. The van der Waals surface area contributed by atoms with E-state index in [4.69, 9.17) is 0 Å². The molecule has 0 spiro atoms. The van der Waals surface area contributed by atoms with Gasteiger partial charge >= 0.3 is 0 Å². The van der Waals surface area contributed by atoms with E-state index in [2.05, 4.69) is 12.9 Å². The first kappa shape index (κ1) is 5.31. The van der Waals surface area contributed by atoms with Crippen LogP contribution in [0.3, 0.4) is 0 Å². The fourth-order valence-electron chi connectivity index (χ4n) is 0.114. The van der Waals surface area contributed by atoms with Crippen LogP contribution in [0.5, 0.6) is 0 Å². The van der Waals surface area contributed by atoms with Gasteiger partial charge in [-0.1, -0.05) is 0 Å². The second-order valence-electron chi connectivity index (χ2n) is 0.556. The lowest BCUT2D eigenvalue weighted by atomic mass is 15.7. The van der Waals surface area contributed by atoms with Crippen molar-refractivity contribution in [2.24, 2.45) is 0 Å². The Morgan fingerprint density at radius 3 is 1.17 bits per heavy atom. The molecule has 0 amide bonds. The Morgan fingerprint density at radius 1 is 0.667 bits per heavy atom. The summed E-state index contributed by atoms with van der Waals surface area (Å²) in [6.07, 6.45) is 0. The molecular formula is H3O3P3. The van der Waals surface area contributed by atoms with Gasteiger partial charge in [0.1, 0.15) is 0 Å². The molecular weight excluding hydrogens is 141 g/mol. The van der Waals surface area contributed by atoms with E-state index in [1.54, 1.807) is 0 Å². The first-order chi connectivity index (χ1) is 3.00. The average Bonchev–Trinajstić information content (AvgIpc) is 1.72. The Morgan fingerprint density at radius 2 is 1.00 bits per heavy atom. The van der Waals surface area contributed by atoms with Crippen molar-refractivity contribution in [3.8, 4) is 0 Å². The maximum Gasteiger partial charge on any atom is 0.167 e. The minimum Gasteiger partial charge on any atom is -0.288 e. The van der Waals surface area contributed by atoms with E-state index in [1.807, 2.05) is 0 Å². The van der Waals surface area contributed by atoms with E-state index in [9.17, 15) is 0 Å². The molecule has 0 atom stereocenters. The predicted octanol–water partition coefficient (Wildman–Crippen LogP) is 1.58. The van der Waals surface area contributed by atoms with E-state index in [-0.39, 0.29) is 27.1 Å². The Bertz CT molecular complexity index is 21.5. The molecule has 1 saturated heterocycles. The molecule has 1 aliphatic rings. The van der Waals surface area contributed by atoms with Crippen LogP contribution in [0.15, 0.2) is 0 Å². The summed E-state index contributed by atoms with van der Waals surface area (Å²) in [5, 5.41) is 0. The number of hydrogen-bond donors (Lipinski definition) is 0. The number of rotatable bonds is 0. The second-order valence-corrected chi connectivity index (χ2v) is 3.51. The van der Waals surface area contributed by atoms with Crippen LogP contribution in [0.1, 0.15) is 0 Å². The smallest absolute Gasteiger partial charge is 0.167 e. The Kier molecular flexibility index (Phi) is 2.84. The largest absolute Gasteiger partial charge is 0.288 e. The van der Waals surface area contributed by atoms with Crippen LogP contribution < -0.4 is 0 Å². The zero-order valence-electron chi connectivity index (χ0n) is 2.72. The molecule has 0 aromatic heterocycles. The molecule has 6 heavy (non-hydrogen) atoms. The number of hydrogen-bond acceptors (Lipinski definition) is 3. The van der Waals surface area contributed by atoms with Crippen molar-refractivity contribution in [2.75, 3.05) is 0 Å².